The zero-order valence-corrected chi connectivity index (χ0v) is 10.6. The van der Waals surface area contributed by atoms with Gasteiger partial charge in [-0.25, -0.2) is 0 Å². The second-order valence-electron chi connectivity index (χ2n) is 4.74. The number of aryl methyl sites for hydroxylation is 1. The summed E-state index contributed by atoms with van der Waals surface area (Å²) in [5, 5.41) is 0. The van der Waals surface area contributed by atoms with Gasteiger partial charge in [-0.05, 0) is 42.4 Å². The number of hydrogen-bond donors (Lipinski definition) is 0. The number of hydrogen-bond acceptors (Lipinski definition) is 0. The van der Waals surface area contributed by atoms with Crippen LogP contribution in [0.1, 0.15) is 62.6 Å². The summed E-state index contributed by atoms with van der Waals surface area (Å²) in [5.41, 5.74) is 4.59. The van der Waals surface area contributed by atoms with E-state index >= 15 is 0 Å². The monoisotopic (exact) mass is 204 g/mol. The minimum Gasteiger partial charge on any atom is -0.0654 e. The van der Waals surface area contributed by atoms with E-state index in [9.17, 15) is 0 Å². The Bertz CT molecular complexity index is 297. The molecular weight excluding hydrogens is 180 g/mol. The highest BCUT2D eigenvalue weighted by Crippen LogP contribution is 2.22. The smallest absolute Gasteiger partial charge is 0.0216 e. The second kappa shape index (κ2) is 5.95. The summed E-state index contributed by atoms with van der Waals surface area (Å²) in [6.45, 7) is 9.09. The van der Waals surface area contributed by atoms with Crippen molar-refractivity contribution >= 4 is 0 Å². The van der Waals surface area contributed by atoms with Crippen molar-refractivity contribution in [2.24, 2.45) is 0 Å². The molecule has 0 saturated carbocycles. The molecule has 1 aromatic carbocycles. The third-order valence-electron chi connectivity index (χ3n) is 3.16. The Balaban J connectivity index is 2.75. The molecule has 0 aliphatic rings. The molecule has 0 spiro atoms. The molecule has 0 saturated heterocycles. The van der Waals surface area contributed by atoms with Crippen molar-refractivity contribution < 1.29 is 0 Å². The van der Waals surface area contributed by atoms with Gasteiger partial charge in [-0.2, -0.15) is 0 Å². The molecule has 0 N–H and O–H groups in total. The molecule has 0 radical (unpaired) electrons. The van der Waals surface area contributed by atoms with E-state index in [1.165, 1.54) is 36.8 Å². The molecule has 1 rings (SSSR count). The second-order valence-corrected chi connectivity index (χ2v) is 4.74. The summed E-state index contributed by atoms with van der Waals surface area (Å²) in [6, 6.07) is 6.77. The molecule has 0 atom stereocenters. The van der Waals surface area contributed by atoms with E-state index in [-0.39, 0.29) is 0 Å². The van der Waals surface area contributed by atoms with E-state index in [1.807, 2.05) is 0 Å². The van der Waals surface area contributed by atoms with Gasteiger partial charge in [0.1, 0.15) is 0 Å². The maximum atomic E-state index is 2.29. The molecule has 0 aromatic heterocycles. The molecule has 0 heterocycles. The van der Waals surface area contributed by atoms with Crippen molar-refractivity contribution in [3.63, 3.8) is 0 Å². The molecular formula is C15H24. The summed E-state index contributed by atoms with van der Waals surface area (Å²) in [7, 11) is 0. The zero-order valence-electron chi connectivity index (χ0n) is 10.6. The molecule has 0 fully saturated rings. The fourth-order valence-electron chi connectivity index (χ4n) is 2.17. The van der Waals surface area contributed by atoms with Crippen LogP contribution in [0.4, 0.5) is 0 Å². The van der Waals surface area contributed by atoms with Crippen molar-refractivity contribution in [3.8, 4) is 0 Å². The van der Waals surface area contributed by atoms with Crippen molar-refractivity contribution in [2.45, 2.75) is 59.3 Å². The summed E-state index contributed by atoms with van der Waals surface area (Å²) in [6.07, 6.45) is 5.24. The van der Waals surface area contributed by atoms with Crippen molar-refractivity contribution in [2.75, 3.05) is 0 Å². The van der Waals surface area contributed by atoms with Gasteiger partial charge in [0.15, 0.2) is 0 Å². The average molecular weight is 204 g/mol. The number of rotatable bonds is 5. The highest BCUT2D eigenvalue weighted by molar-refractivity contribution is 5.36. The van der Waals surface area contributed by atoms with Gasteiger partial charge >= 0.3 is 0 Å². The molecule has 0 heteroatoms. The molecule has 0 amide bonds. The number of unbranched alkanes of at least 4 members (excludes halogenated alkanes) is 2. The van der Waals surface area contributed by atoms with Gasteiger partial charge in [0.05, 0.1) is 0 Å². The Morgan fingerprint density at radius 1 is 1.13 bits per heavy atom. The van der Waals surface area contributed by atoms with E-state index in [2.05, 4.69) is 45.9 Å². The van der Waals surface area contributed by atoms with Gasteiger partial charge in [0.2, 0.25) is 0 Å². The Kier molecular flexibility index (Phi) is 4.87. The van der Waals surface area contributed by atoms with Crippen LogP contribution in [0.3, 0.4) is 0 Å². The lowest BCUT2D eigenvalue weighted by Gasteiger charge is -2.13. The van der Waals surface area contributed by atoms with Gasteiger partial charge in [0.25, 0.3) is 0 Å². The maximum absolute atomic E-state index is 2.29. The zero-order chi connectivity index (χ0) is 11.3. The lowest BCUT2D eigenvalue weighted by molar-refractivity contribution is 0.713. The van der Waals surface area contributed by atoms with Crippen LogP contribution >= 0.6 is 0 Å². The Morgan fingerprint density at radius 3 is 2.47 bits per heavy atom. The van der Waals surface area contributed by atoms with Crippen LogP contribution in [0.2, 0.25) is 0 Å². The largest absolute Gasteiger partial charge is 0.0654 e. The van der Waals surface area contributed by atoms with Crippen LogP contribution in [0.15, 0.2) is 18.2 Å². The Morgan fingerprint density at radius 2 is 1.87 bits per heavy atom. The first-order valence-corrected chi connectivity index (χ1v) is 6.25. The fourth-order valence-corrected chi connectivity index (χ4v) is 2.17. The lowest BCUT2D eigenvalue weighted by atomic mass is 9.92. The molecule has 0 aliphatic heterocycles. The van der Waals surface area contributed by atoms with E-state index < -0.39 is 0 Å². The predicted molar refractivity (Wildman–Crippen MR) is 68.5 cm³/mol. The highest BCUT2D eigenvalue weighted by Gasteiger charge is 2.06. The van der Waals surface area contributed by atoms with E-state index in [0.717, 1.165) is 0 Å². The first-order chi connectivity index (χ1) is 7.16. The van der Waals surface area contributed by atoms with Crippen LogP contribution in [-0.4, -0.2) is 0 Å². The lowest BCUT2D eigenvalue weighted by Crippen LogP contribution is -1.97. The Labute approximate surface area is 94.7 Å². The standard InChI is InChI=1S/C15H24/c1-5-6-7-9-14-10-8-11-15(12(2)3)13(14)4/h8,10-12H,5-7,9H2,1-4H3. The van der Waals surface area contributed by atoms with Crippen LogP contribution < -0.4 is 0 Å². The quantitative estimate of drug-likeness (QED) is 0.601. The third kappa shape index (κ3) is 3.37. The van der Waals surface area contributed by atoms with Crippen LogP contribution in [0.25, 0.3) is 0 Å². The van der Waals surface area contributed by atoms with Crippen molar-refractivity contribution in [1.82, 2.24) is 0 Å². The van der Waals surface area contributed by atoms with Gasteiger partial charge in [-0.3, -0.25) is 0 Å². The minimum absolute atomic E-state index is 0.649. The Hall–Kier alpha value is -0.780. The topological polar surface area (TPSA) is 0 Å². The summed E-state index contributed by atoms with van der Waals surface area (Å²) < 4.78 is 0. The minimum atomic E-state index is 0.649. The van der Waals surface area contributed by atoms with Crippen molar-refractivity contribution in [1.29, 1.82) is 0 Å². The van der Waals surface area contributed by atoms with E-state index in [1.54, 1.807) is 5.56 Å². The van der Waals surface area contributed by atoms with E-state index in [0.29, 0.717) is 5.92 Å². The summed E-state index contributed by atoms with van der Waals surface area (Å²) in [4.78, 5) is 0. The first-order valence-electron chi connectivity index (χ1n) is 6.25. The molecule has 1 aromatic rings. The van der Waals surface area contributed by atoms with Gasteiger partial charge in [-0.1, -0.05) is 51.8 Å². The molecule has 84 valence electrons. The van der Waals surface area contributed by atoms with Gasteiger partial charge < -0.3 is 0 Å². The van der Waals surface area contributed by atoms with Crippen LogP contribution in [-0.2, 0) is 6.42 Å². The third-order valence-corrected chi connectivity index (χ3v) is 3.16. The summed E-state index contributed by atoms with van der Waals surface area (Å²) in [5.74, 6) is 0.649. The SMILES string of the molecule is CCCCCc1cccc(C(C)C)c1C. The van der Waals surface area contributed by atoms with Crippen LogP contribution in [0.5, 0.6) is 0 Å². The first kappa shape index (κ1) is 12.3. The summed E-state index contributed by atoms with van der Waals surface area (Å²) >= 11 is 0. The highest BCUT2D eigenvalue weighted by atomic mass is 14.1. The molecule has 0 aliphatic carbocycles. The fraction of sp³-hybridized carbons (Fsp3) is 0.600. The van der Waals surface area contributed by atoms with E-state index in [4.69, 9.17) is 0 Å². The average Bonchev–Trinajstić information content (AvgIpc) is 2.20. The number of benzene rings is 1. The van der Waals surface area contributed by atoms with Gasteiger partial charge in [-0.15, -0.1) is 0 Å². The molecule has 0 nitrogen and oxygen atoms in total. The predicted octanol–water partition coefficient (Wildman–Crippen LogP) is 4.85. The van der Waals surface area contributed by atoms with Gasteiger partial charge in [0, 0.05) is 0 Å². The molecule has 0 bridgehead atoms. The molecule has 0 unspecified atom stereocenters. The normalized spacial score (nSPS) is 11.0. The molecule has 15 heavy (non-hydrogen) atoms. The van der Waals surface area contributed by atoms with Crippen LogP contribution in [0, 0.1) is 6.92 Å². The van der Waals surface area contributed by atoms with Crippen molar-refractivity contribution in [3.05, 3.63) is 34.9 Å². The maximum Gasteiger partial charge on any atom is -0.0216 e.